The second-order valence-corrected chi connectivity index (χ2v) is 6.31. The van der Waals surface area contributed by atoms with Crippen LogP contribution in [-0.2, 0) is 0 Å². The molecule has 2 N–H and O–H groups in total. The monoisotopic (exact) mass is 283 g/mol. The van der Waals surface area contributed by atoms with Crippen molar-refractivity contribution in [1.29, 1.82) is 0 Å². The predicted molar refractivity (Wildman–Crippen MR) is 83.7 cm³/mol. The molecule has 0 aromatic heterocycles. The van der Waals surface area contributed by atoms with Gasteiger partial charge in [0.1, 0.15) is 11.5 Å². The summed E-state index contributed by atoms with van der Waals surface area (Å²) in [5, 5.41) is 13.0. The molecule has 1 heterocycles. The minimum absolute atomic E-state index is 0.0944. The standard InChI is InChI=1S/C18H21NO2/c1-18(2,12-20)11-19-17-13-7-3-5-9-15(13)21-16-10-6-4-8-14(16)17/h3-10,17,19-20H,11-12H2,1-2H3. The van der Waals surface area contributed by atoms with Gasteiger partial charge in [-0.15, -0.1) is 0 Å². The van der Waals surface area contributed by atoms with E-state index < -0.39 is 0 Å². The molecule has 1 aliphatic heterocycles. The summed E-state index contributed by atoms with van der Waals surface area (Å²) in [6.45, 7) is 5.00. The third-order valence-corrected chi connectivity index (χ3v) is 3.89. The Balaban J connectivity index is 1.95. The van der Waals surface area contributed by atoms with E-state index in [4.69, 9.17) is 4.74 Å². The van der Waals surface area contributed by atoms with Gasteiger partial charge in [-0.2, -0.15) is 0 Å². The zero-order valence-electron chi connectivity index (χ0n) is 12.5. The van der Waals surface area contributed by atoms with Crippen LogP contribution in [0.5, 0.6) is 11.5 Å². The van der Waals surface area contributed by atoms with Gasteiger partial charge in [0.2, 0.25) is 0 Å². The summed E-state index contributed by atoms with van der Waals surface area (Å²) in [6, 6.07) is 16.3. The van der Waals surface area contributed by atoms with E-state index in [1.54, 1.807) is 0 Å². The maximum Gasteiger partial charge on any atom is 0.132 e. The van der Waals surface area contributed by atoms with Crippen LogP contribution in [0.3, 0.4) is 0 Å². The van der Waals surface area contributed by atoms with Crippen LogP contribution >= 0.6 is 0 Å². The van der Waals surface area contributed by atoms with Gasteiger partial charge in [0.25, 0.3) is 0 Å². The topological polar surface area (TPSA) is 41.5 Å². The Morgan fingerprint density at radius 1 is 1.00 bits per heavy atom. The van der Waals surface area contributed by atoms with Gasteiger partial charge in [-0.25, -0.2) is 0 Å². The van der Waals surface area contributed by atoms with Crippen molar-refractivity contribution in [1.82, 2.24) is 5.32 Å². The third-order valence-electron chi connectivity index (χ3n) is 3.89. The number of benzene rings is 2. The first-order chi connectivity index (χ1) is 10.1. The summed E-state index contributed by atoms with van der Waals surface area (Å²) in [7, 11) is 0. The highest BCUT2D eigenvalue weighted by Crippen LogP contribution is 2.42. The average molecular weight is 283 g/mol. The van der Waals surface area contributed by atoms with Gasteiger partial charge in [-0.05, 0) is 12.1 Å². The second-order valence-electron chi connectivity index (χ2n) is 6.31. The van der Waals surface area contributed by atoms with E-state index in [-0.39, 0.29) is 18.1 Å². The molecule has 0 atom stereocenters. The lowest BCUT2D eigenvalue weighted by atomic mass is 9.91. The van der Waals surface area contributed by atoms with Gasteiger partial charge >= 0.3 is 0 Å². The molecule has 0 unspecified atom stereocenters. The van der Waals surface area contributed by atoms with E-state index in [2.05, 4.69) is 31.3 Å². The first-order valence-electron chi connectivity index (χ1n) is 7.31. The smallest absolute Gasteiger partial charge is 0.132 e. The van der Waals surface area contributed by atoms with E-state index >= 15 is 0 Å². The first kappa shape index (κ1) is 14.1. The molecule has 0 amide bonds. The number of hydrogen-bond acceptors (Lipinski definition) is 3. The molecule has 0 saturated carbocycles. The predicted octanol–water partition coefficient (Wildman–Crippen LogP) is 3.49. The fourth-order valence-corrected chi connectivity index (χ4v) is 2.56. The van der Waals surface area contributed by atoms with Gasteiger partial charge in [0.05, 0.1) is 6.04 Å². The Hall–Kier alpha value is -1.84. The molecule has 0 spiro atoms. The molecule has 3 rings (SSSR count). The number of ether oxygens (including phenoxy) is 1. The Kier molecular flexibility index (Phi) is 3.70. The zero-order valence-corrected chi connectivity index (χ0v) is 12.5. The largest absolute Gasteiger partial charge is 0.457 e. The van der Waals surface area contributed by atoms with Crippen molar-refractivity contribution in [2.45, 2.75) is 19.9 Å². The number of para-hydroxylation sites is 2. The van der Waals surface area contributed by atoms with Gasteiger partial charge in [-0.3, -0.25) is 0 Å². The lowest BCUT2D eigenvalue weighted by molar-refractivity contribution is 0.154. The average Bonchev–Trinajstić information content (AvgIpc) is 2.51. The molecule has 0 fully saturated rings. The molecule has 3 heteroatoms. The summed E-state index contributed by atoms with van der Waals surface area (Å²) in [5.41, 5.74) is 2.14. The molecule has 3 nitrogen and oxygen atoms in total. The lowest BCUT2D eigenvalue weighted by Crippen LogP contribution is -2.36. The molecule has 0 radical (unpaired) electrons. The van der Waals surface area contributed by atoms with E-state index in [9.17, 15) is 5.11 Å². The molecule has 2 aromatic carbocycles. The van der Waals surface area contributed by atoms with Crippen molar-refractivity contribution in [3.63, 3.8) is 0 Å². The highest BCUT2D eigenvalue weighted by atomic mass is 16.5. The lowest BCUT2D eigenvalue weighted by Gasteiger charge is -2.32. The Morgan fingerprint density at radius 3 is 2.05 bits per heavy atom. The van der Waals surface area contributed by atoms with Crippen LogP contribution in [0.15, 0.2) is 48.5 Å². The number of aliphatic hydroxyl groups excluding tert-OH is 1. The minimum Gasteiger partial charge on any atom is -0.457 e. The number of aliphatic hydroxyl groups is 1. The number of hydrogen-bond donors (Lipinski definition) is 2. The molecule has 1 aliphatic rings. The van der Waals surface area contributed by atoms with Crippen molar-refractivity contribution >= 4 is 0 Å². The number of fused-ring (bicyclic) bond motifs is 2. The second kappa shape index (κ2) is 5.51. The van der Waals surface area contributed by atoms with Gasteiger partial charge in [0.15, 0.2) is 0 Å². The van der Waals surface area contributed by atoms with Crippen LogP contribution < -0.4 is 10.1 Å². The van der Waals surface area contributed by atoms with Crippen LogP contribution in [0, 0.1) is 5.41 Å². The fraction of sp³-hybridized carbons (Fsp3) is 0.333. The van der Waals surface area contributed by atoms with Crippen LogP contribution in [0.1, 0.15) is 31.0 Å². The summed E-state index contributed by atoms with van der Waals surface area (Å²) in [4.78, 5) is 0. The molecule has 0 saturated heterocycles. The molecular weight excluding hydrogens is 262 g/mol. The first-order valence-corrected chi connectivity index (χ1v) is 7.31. The molecule has 0 bridgehead atoms. The SMILES string of the molecule is CC(C)(CO)CNC1c2ccccc2Oc2ccccc21. The van der Waals surface area contributed by atoms with Crippen molar-refractivity contribution in [2.75, 3.05) is 13.2 Å². The number of nitrogens with one attached hydrogen (secondary N) is 1. The normalized spacial score (nSPS) is 14.2. The van der Waals surface area contributed by atoms with Crippen molar-refractivity contribution < 1.29 is 9.84 Å². The van der Waals surface area contributed by atoms with Crippen LogP contribution in [-0.4, -0.2) is 18.3 Å². The van der Waals surface area contributed by atoms with Gasteiger partial charge in [0, 0.05) is 29.7 Å². The summed E-state index contributed by atoms with van der Waals surface area (Å²) in [6.07, 6.45) is 0. The molecule has 110 valence electrons. The minimum atomic E-state index is -0.151. The zero-order chi connectivity index (χ0) is 14.9. The third kappa shape index (κ3) is 2.80. The van der Waals surface area contributed by atoms with E-state index in [1.165, 1.54) is 0 Å². The quantitative estimate of drug-likeness (QED) is 0.902. The van der Waals surface area contributed by atoms with Crippen LogP contribution in [0.25, 0.3) is 0 Å². The van der Waals surface area contributed by atoms with Gasteiger partial charge < -0.3 is 15.2 Å². The highest BCUT2D eigenvalue weighted by Gasteiger charge is 2.28. The van der Waals surface area contributed by atoms with Crippen LogP contribution in [0.2, 0.25) is 0 Å². The molecule has 0 aliphatic carbocycles. The highest BCUT2D eigenvalue weighted by molar-refractivity contribution is 5.52. The van der Waals surface area contributed by atoms with Crippen molar-refractivity contribution in [2.24, 2.45) is 5.41 Å². The summed E-state index contributed by atoms with van der Waals surface area (Å²) < 4.78 is 5.98. The van der Waals surface area contributed by atoms with Crippen molar-refractivity contribution in [3.05, 3.63) is 59.7 Å². The Bertz CT molecular complexity index is 591. The summed E-state index contributed by atoms with van der Waals surface area (Å²) >= 11 is 0. The van der Waals surface area contributed by atoms with E-state index in [0.717, 1.165) is 29.2 Å². The molecule has 21 heavy (non-hydrogen) atoms. The number of rotatable bonds is 4. The molecule has 2 aromatic rings. The maximum atomic E-state index is 9.45. The van der Waals surface area contributed by atoms with Gasteiger partial charge in [-0.1, -0.05) is 50.2 Å². The van der Waals surface area contributed by atoms with Crippen LogP contribution in [0.4, 0.5) is 0 Å². The fourth-order valence-electron chi connectivity index (χ4n) is 2.56. The summed E-state index contributed by atoms with van der Waals surface area (Å²) in [5.74, 6) is 1.80. The molecular formula is C18H21NO2. The maximum absolute atomic E-state index is 9.45. The Labute approximate surface area is 125 Å². The van der Waals surface area contributed by atoms with Crippen molar-refractivity contribution in [3.8, 4) is 11.5 Å². The van der Waals surface area contributed by atoms with E-state index in [1.807, 2.05) is 36.4 Å². The Morgan fingerprint density at radius 2 is 1.52 bits per heavy atom. The van der Waals surface area contributed by atoms with E-state index in [0.29, 0.717) is 0 Å².